The summed E-state index contributed by atoms with van der Waals surface area (Å²) in [5, 5.41) is 0. The maximum atomic E-state index is 12.7. The van der Waals surface area contributed by atoms with Crippen LogP contribution in [0.5, 0.6) is 0 Å². The van der Waals surface area contributed by atoms with Gasteiger partial charge in [0, 0.05) is 33.9 Å². The molecule has 0 aromatic carbocycles. The molecule has 0 aliphatic heterocycles. The quantitative estimate of drug-likeness (QED) is 0.0267. The summed E-state index contributed by atoms with van der Waals surface area (Å²) in [6, 6.07) is 0. The molecule has 0 saturated carbocycles. The van der Waals surface area contributed by atoms with Gasteiger partial charge >= 0.3 is 11.9 Å². The fourth-order valence-electron chi connectivity index (χ4n) is 7.16. The van der Waals surface area contributed by atoms with E-state index in [4.69, 9.17) is 9.47 Å². The zero-order valence-electron chi connectivity index (χ0n) is 35.7. The van der Waals surface area contributed by atoms with Crippen LogP contribution >= 0.6 is 0 Å². The first kappa shape index (κ1) is 53.7. The van der Waals surface area contributed by atoms with Crippen LogP contribution < -0.4 is 0 Å². The van der Waals surface area contributed by atoms with Crippen molar-refractivity contribution < 1.29 is 40.1 Å². The van der Waals surface area contributed by atoms with E-state index in [-0.39, 0.29) is 44.7 Å². The van der Waals surface area contributed by atoms with Crippen molar-refractivity contribution in [3.05, 3.63) is 6.92 Å². The predicted molar refractivity (Wildman–Crippen MR) is 221 cm³/mol. The summed E-state index contributed by atoms with van der Waals surface area (Å²) >= 11 is 0. The number of nitrogens with zero attached hydrogens (tertiary/aromatic N) is 1. The third-order valence-electron chi connectivity index (χ3n) is 10.6. The number of hydrogen-bond donors (Lipinski definition) is 0. The fourth-order valence-corrected chi connectivity index (χ4v) is 7.16. The Morgan fingerprint density at radius 2 is 0.885 bits per heavy atom. The Hall–Kier alpha value is -0.412. The monoisotopic (exact) mass is 819 g/mol. The molecule has 0 atom stereocenters. The molecule has 6 heteroatoms. The third kappa shape index (κ3) is 37.9. The van der Waals surface area contributed by atoms with Crippen molar-refractivity contribution in [3.8, 4) is 0 Å². The Balaban J connectivity index is 0. The number of hydrogen-bond acceptors (Lipinski definition) is 5. The Labute approximate surface area is 340 Å². The van der Waals surface area contributed by atoms with Gasteiger partial charge in [-0.2, -0.15) is 0 Å². The largest absolute Gasteiger partial charge is 0.462 e. The molecule has 0 aliphatic carbocycles. The van der Waals surface area contributed by atoms with Crippen molar-refractivity contribution >= 4 is 11.9 Å². The molecule has 0 unspecified atom stereocenters. The maximum Gasteiger partial charge on any atom is 0.306 e. The fraction of sp³-hybridized carbons (Fsp3) is 0.935. The maximum absolute atomic E-state index is 12.7. The molecule has 0 aliphatic rings. The Bertz CT molecular complexity index is 745. The predicted octanol–water partition coefficient (Wildman–Crippen LogP) is 14.3. The zero-order valence-corrected chi connectivity index (χ0v) is 37.7. The van der Waals surface area contributed by atoms with Gasteiger partial charge < -0.3 is 21.3 Å². The molecule has 310 valence electrons. The van der Waals surface area contributed by atoms with Crippen molar-refractivity contribution in [1.29, 1.82) is 0 Å². The molecule has 0 N–H and O–H groups in total. The number of carbonyl (C=O) groups is 2. The molecule has 52 heavy (non-hydrogen) atoms. The summed E-state index contributed by atoms with van der Waals surface area (Å²) < 4.78 is 11.8. The normalized spacial score (nSPS) is 11.7. The van der Waals surface area contributed by atoms with E-state index in [0.717, 1.165) is 71.0 Å². The second kappa shape index (κ2) is 40.3. The first-order valence-electron chi connectivity index (χ1n) is 22.7. The first-order valence-corrected chi connectivity index (χ1v) is 22.7. The van der Waals surface area contributed by atoms with Gasteiger partial charge in [0.2, 0.25) is 0 Å². The van der Waals surface area contributed by atoms with Gasteiger partial charge in [0.1, 0.15) is 11.7 Å². The van der Waals surface area contributed by atoms with Crippen molar-refractivity contribution in [2.24, 2.45) is 0 Å². The minimum atomic E-state index is -0.337. The van der Waals surface area contributed by atoms with Crippen LogP contribution in [-0.2, 0) is 40.1 Å². The Kier molecular flexibility index (Phi) is 41.6. The van der Waals surface area contributed by atoms with Crippen molar-refractivity contribution in [3.63, 3.8) is 0 Å². The van der Waals surface area contributed by atoms with Crippen LogP contribution in [0.4, 0.5) is 0 Å². The number of unbranched alkanes of at least 4 members (excludes halogenated alkanes) is 23. The van der Waals surface area contributed by atoms with E-state index in [9.17, 15) is 9.59 Å². The van der Waals surface area contributed by atoms with Gasteiger partial charge in [-0.1, -0.05) is 156 Å². The molecule has 0 aromatic rings. The van der Waals surface area contributed by atoms with Gasteiger partial charge in [-0.3, -0.25) is 9.59 Å². The van der Waals surface area contributed by atoms with Crippen molar-refractivity contribution in [2.75, 3.05) is 19.6 Å². The van der Waals surface area contributed by atoms with Gasteiger partial charge in [-0.15, -0.1) is 6.54 Å². The van der Waals surface area contributed by atoms with E-state index in [1.807, 2.05) is 0 Å². The molecule has 0 amide bonds. The average Bonchev–Trinajstić information content (AvgIpc) is 3.10. The van der Waals surface area contributed by atoms with Crippen molar-refractivity contribution in [2.45, 2.75) is 258 Å². The minimum absolute atomic E-state index is 0. The molecule has 0 radical (unpaired) electrons. The number of rotatable bonds is 40. The number of carbonyl (C=O) groups excluding carboxylic acids is 2. The van der Waals surface area contributed by atoms with Crippen LogP contribution in [0.3, 0.4) is 0 Å². The molecule has 0 fully saturated rings. The topological polar surface area (TPSA) is 55.8 Å². The summed E-state index contributed by atoms with van der Waals surface area (Å²) in [5.74, 6) is 0.00303. The Morgan fingerprint density at radius 3 is 1.33 bits per heavy atom. The molecule has 0 spiro atoms. The van der Waals surface area contributed by atoms with E-state index >= 15 is 0 Å². The van der Waals surface area contributed by atoms with E-state index in [2.05, 4.69) is 46.4 Å². The molecule has 0 aromatic heterocycles. The summed E-state index contributed by atoms with van der Waals surface area (Å²) in [6.45, 7) is 18.2. The molecule has 0 saturated heterocycles. The van der Waals surface area contributed by atoms with Gasteiger partial charge in [0.15, 0.2) is 0 Å². The van der Waals surface area contributed by atoms with Gasteiger partial charge in [-0.25, -0.2) is 0 Å². The van der Waals surface area contributed by atoms with Crippen molar-refractivity contribution in [1.82, 2.24) is 4.90 Å². The number of esters is 2. The SMILES string of the molecule is [CH2-]CN(CCCCCCCC(=O)OC(CCCCCCCC)CCCCCCCC)CCCCCCCC(=O)OC(C)(C)CCCCCCCC.[Mo]. The zero-order chi connectivity index (χ0) is 37.7. The second-order valence-electron chi connectivity index (χ2n) is 16.4. The van der Waals surface area contributed by atoms with Crippen LogP contribution in [0.1, 0.15) is 247 Å². The van der Waals surface area contributed by atoms with Gasteiger partial charge in [0.25, 0.3) is 0 Å². The summed E-state index contributed by atoms with van der Waals surface area (Å²) in [5.41, 5.74) is -0.337. The van der Waals surface area contributed by atoms with E-state index in [1.165, 1.54) is 148 Å². The van der Waals surface area contributed by atoms with Gasteiger partial charge in [-0.05, 0) is 91.1 Å². The van der Waals surface area contributed by atoms with Gasteiger partial charge in [0.05, 0.1) is 0 Å². The molecule has 5 nitrogen and oxygen atoms in total. The average molecular weight is 817 g/mol. The van der Waals surface area contributed by atoms with Crippen LogP contribution in [0.2, 0.25) is 0 Å². The smallest absolute Gasteiger partial charge is 0.306 e. The summed E-state index contributed by atoms with van der Waals surface area (Å²) in [6.07, 6.45) is 38.7. The molecular weight excluding hydrogens is 726 g/mol. The van der Waals surface area contributed by atoms with E-state index in [0.29, 0.717) is 12.8 Å². The summed E-state index contributed by atoms with van der Waals surface area (Å²) in [4.78, 5) is 27.5. The van der Waals surface area contributed by atoms with Crippen LogP contribution in [0, 0.1) is 6.92 Å². The second-order valence-corrected chi connectivity index (χ2v) is 16.4. The van der Waals surface area contributed by atoms with Crippen LogP contribution in [0.25, 0.3) is 0 Å². The molecule has 0 bridgehead atoms. The first-order chi connectivity index (χ1) is 24.8. The van der Waals surface area contributed by atoms with E-state index in [1.54, 1.807) is 0 Å². The standard InChI is InChI=1S/C46H90NO4.Mo/c1-7-11-14-17-22-29-36-43(37-30-23-18-15-12-8-2)50-44(48)38-31-24-20-27-34-41-47(10-4)42-35-28-21-25-32-39-45(49)51-46(5,6)40-33-26-19-16-13-9-3;/h43H,4,7-42H2,1-3,5-6H3;/q-1;. The molecule has 0 rings (SSSR count). The van der Waals surface area contributed by atoms with Crippen LogP contribution in [0.15, 0.2) is 0 Å². The third-order valence-corrected chi connectivity index (χ3v) is 10.6. The Morgan fingerprint density at radius 1 is 0.519 bits per heavy atom. The molecular formula is C46H90MoNO4-. The van der Waals surface area contributed by atoms with E-state index < -0.39 is 0 Å². The number of ether oxygens (including phenoxy) is 2. The minimum Gasteiger partial charge on any atom is -0.462 e. The summed E-state index contributed by atoms with van der Waals surface area (Å²) in [7, 11) is 0. The molecule has 0 heterocycles. The van der Waals surface area contributed by atoms with Crippen LogP contribution in [-0.4, -0.2) is 48.2 Å².